The number of nitrogens with one attached hydrogen (secondary N) is 2. The van der Waals surface area contributed by atoms with Crippen LogP contribution < -0.4 is 9.44 Å². The second-order valence-corrected chi connectivity index (χ2v) is 8.82. The molecule has 3 rings (SSSR count). The van der Waals surface area contributed by atoms with E-state index in [9.17, 15) is 21.2 Å². The zero-order chi connectivity index (χ0) is 17.4. The van der Waals surface area contributed by atoms with Crippen LogP contribution in [0.4, 0.5) is 10.1 Å². The van der Waals surface area contributed by atoms with Crippen molar-refractivity contribution in [2.75, 3.05) is 4.72 Å². The van der Waals surface area contributed by atoms with Crippen molar-refractivity contribution in [3.05, 3.63) is 54.3 Å². The molecule has 0 unspecified atom stereocenters. The summed E-state index contributed by atoms with van der Waals surface area (Å²) in [5, 5.41) is 0. The van der Waals surface area contributed by atoms with Gasteiger partial charge in [-0.1, -0.05) is 18.2 Å². The monoisotopic (exact) mass is 370 g/mol. The van der Waals surface area contributed by atoms with Gasteiger partial charge in [-0.15, -0.1) is 0 Å². The maximum absolute atomic E-state index is 13.7. The lowest BCUT2D eigenvalue weighted by Crippen LogP contribution is -2.25. The molecular formula is C15H15FN2O4S2. The molecule has 0 heterocycles. The zero-order valence-electron chi connectivity index (χ0n) is 12.4. The molecule has 0 bridgehead atoms. The Hall–Kier alpha value is -1.97. The first kappa shape index (κ1) is 16.9. The molecular weight excluding hydrogens is 355 g/mol. The normalized spacial score (nSPS) is 15.2. The van der Waals surface area contributed by atoms with E-state index in [0.717, 1.165) is 25.0 Å². The van der Waals surface area contributed by atoms with Crippen molar-refractivity contribution in [2.24, 2.45) is 0 Å². The van der Waals surface area contributed by atoms with Gasteiger partial charge in [0.2, 0.25) is 10.0 Å². The molecule has 128 valence electrons. The zero-order valence-corrected chi connectivity index (χ0v) is 14.1. The predicted molar refractivity (Wildman–Crippen MR) is 87.0 cm³/mol. The molecule has 1 saturated carbocycles. The highest BCUT2D eigenvalue weighted by atomic mass is 32.2. The van der Waals surface area contributed by atoms with Crippen LogP contribution >= 0.6 is 0 Å². The van der Waals surface area contributed by atoms with Crippen molar-refractivity contribution in [1.82, 2.24) is 4.72 Å². The Balaban J connectivity index is 1.88. The number of sulfonamides is 2. The van der Waals surface area contributed by atoms with E-state index in [1.807, 2.05) is 0 Å². The minimum absolute atomic E-state index is 0.0388. The average molecular weight is 370 g/mol. The van der Waals surface area contributed by atoms with E-state index in [0.29, 0.717) is 0 Å². The number of rotatable bonds is 6. The van der Waals surface area contributed by atoms with Gasteiger partial charge in [0.15, 0.2) is 0 Å². The summed E-state index contributed by atoms with van der Waals surface area (Å²) in [6.45, 7) is 0. The predicted octanol–water partition coefficient (Wildman–Crippen LogP) is 2.07. The first-order valence-corrected chi connectivity index (χ1v) is 10.1. The molecule has 0 saturated heterocycles. The maximum Gasteiger partial charge on any atom is 0.264 e. The molecule has 0 aliphatic heterocycles. The largest absolute Gasteiger partial charge is 0.280 e. The summed E-state index contributed by atoms with van der Waals surface area (Å²) in [4.78, 5) is -0.558. The van der Waals surface area contributed by atoms with Crippen LogP contribution in [0.1, 0.15) is 12.8 Å². The second-order valence-electron chi connectivity index (χ2n) is 5.46. The Morgan fingerprint density at radius 1 is 0.917 bits per heavy atom. The summed E-state index contributed by atoms with van der Waals surface area (Å²) in [6, 6.07) is 10.3. The minimum atomic E-state index is -4.16. The van der Waals surface area contributed by atoms with Gasteiger partial charge in [-0.2, -0.15) is 0 Å². The highest BCUT2D eigenvalue weighted by Gasteiger charge is 2.28. The van der Waals surface area contributed by atoms with Crippen LogP contribution in [0.15, 0.2) is 58.3 Å². The van der Waals surface area contributed by atoms with Gasteiger partial charge < -0.3 is 0 Å². The molecule has 1 aliphatic carbocycles. The number of benzene rings is 2. The molecule has 1 aliphatic rings. The lowest BCUT2D eigenvalue weighted by atomic mass is 10.3. The van der Waals surface area contributed by atoms with Crippen LogP contribution in [0.2, 0.25) is 0 Å². The van der Waals surface area contributed by atoms with Gasteiger partial charge in [-0.05, 0) is 43.2 Å². The van der Waals surface area contributed by atoms with Crippen LogP contribution in [0.5, 0.6) is 0 Å². The van der Waals surface area contributed by atoms with Gasteiger partial charge in [0, 0.05) is 6.04 Å². The van der Waals surface area contributed by atoms with Crippen molar-refractivity contribution >= 4 is 25.7 Å². The van der Waals surface area contributed by atoms with Gasteiger partial charge >= 0.3 is 0 Å². The summed E-state index contributed by atoms with van der Waals surface area (Å²) in [6.07, 6.45) is 1.58. The third kappa shape index (κ3) is 3.74. The minimum Gasteiger partial charge on any atom is -0.280 e. The summed E-state index contributed by atoms with van der Waals surface area (Å²) in [7, 11) is -7.86. The summed E-state index contributed by atoms with van der Waals surface area (Å²) in [5.74, 6) is -0.885. The quantitative estimate of drug-likeness (QED) is 0.814. The van der Waals surface area contributed by atoms with E-state index in [4.69, 9.17) is 0 Å². The van der Waals surface area contributed by atoms with Gasteiger partial charge in [-0.25, -0.2) is 25.9 Å². The first-order chi connectivity index (χ1) is 11.3. The third-order valence-electron chi connectivity index (χ3n) is 3.42. The summed E-state index contributed by atoms with van der Waals surface area (Å²) < 4.78 is 67.3. The van der Waals surface area contributed by atoms with E-state index < -0.39 is 30.8 Å². The Labute approximate surface area is 139 Å². The Morgan fingerprint density at radius 2 is 1.62 bits per heavy atom. The number of hydrogen-bond acceptors (Lipinski definition) is 4. The Kier molecular flexibility index (Phi) is 4.33. The average Bonchev–Trinajstić information content (AvgIpc) is 3.30. The molecule has 24 heavy (non-hydrogen) atoms. The van der Waals surface area contributed by atoms with Gasteiger partial charge in [-0.3, -0.25) is 4.72 Å². The van der Waals surface area contributed by atoms with Crippen LogP contribution in [-0.4, -0.2) is 22.9 Å². The highest BCUT2D eigenvalue weighted by molar-refractivity contribution is 7.92. The van der Waals surface area contributed by atoms with Crippen molar-refractivity contribution in [3.8, 4) is 0 Å². The van der Waals surface area contributed by atoms with E-state index >= 15 is 0 Å². The van der Waals surface area contributed by atoms with Gasteiger partial charge in [0.1, 0.15) is 10.7 Å². The van der Waals surface area contributed by atoms with E-state index in [2.05, 4.69) is 9.44 Å². The molecule has 0 radical (unpaired) electrons. The van der Waals surface area contributed by atoms with Crippen LogP contribution in [-0.2, 0) is 20.0 Å². The number of halogens is 1. The molecule has 0 atom stereocenters. The molecule has 6 nitrogen and oxygen atoms in total. The molecule has 2 aromatic rings. The molecule has 0 aromatic heterocycles. The fourth-order valence-electron chi connectivity index (χ4n) is 2.09. The van der Waals surface area contributed by atoms with Gasteiger partial charge in [0.25, 0.3) is 10.0 Å². The van der Waals surface area contributed by atoms with Gasteiger partial charge in [0.05, 0.1) is 10.6 Å². The van der Waals surface area contributed by atoms with E-state index in [1.54, 1.807) is 0 Å². The molecule has 9 heteroatoms. The molecule has 1 fully saturated rings. The Bertz CT molecular complexity index is 970. The van der Waals surface area contributed by atoms with Crippen molar-refractivity contribution in [2.45, 2.75) is 28.7 Å². The lowest BCUT2D eigenvalue weighted by Gasteiger charge is -2.11. The fraction of sp³-hybridized carbons (Fsp3) is 0.200. The van der Waals surface area contributed by atoms with Crippen molar-refractivity contribution in [3.63, 3.8) is 0 Å². The second kappa shape index (κ2) is 6.15. The standard InChI is InChI=1S/C15H15FN2O4S2/c16-14-6-1-2-7-15(14)24(21,22)18-12-4-3-5-13(10-12)23(19,20)17-11-8-9-11/h1-7,10-11,17-18H,8-9H2. The Morgan fingerprint density at radius 3 is 2.29 bits per heavy atom. The van der Waals surface area contributed by atoms with Crippen molar-refractivity contribution in [1.29, 1.82) is 0 Å². The fourth-order valence-corrected chi connectivity index (χ4v) is 4.57. The highest BCUT2D eigenvalue weighted by Crippen LogP contribution is 2.24. The third-order valence-corrected chi connectivity index (χ3v) is 6.35. The number of hydrogen-bond donors (Lipinski definition) is 2. The maximum atomic E-state index is 13.7. The topological polar surface area (TPSA) is 92.3 Å². The van der Waals surface area contributed by atoms with Crippen LogP contribution in [0.25, 0.3) is 0 Å². The lowest BCUT2D eigenvalue weighted by molar-refractivity contribution is 0.570. The summed E-state index contributed by atoms with van der Waals surface area (Å²) in [5.41, 5.74) is 0.0388. The van der Waals surface area contributed by atoms with E-state index in [1.165, 1.54) is 36.4 Å². The molecule has 0 amide bonds. The van der Waals surface area contributed by atoms with Crippen LogP contribution in [0, 0.1) is 5.82 Å². The summed E-state index contributed by atoms with van der Waals surface area (Å²) >= 11 is 0. The molecule has 2 aromatic carbocycles. The van der Waals surface area contributed by atoms with Crippen LogP contribution in [0.3, 0.4) is 0 Å². The van der Waals surface area contributed by atoms with Crippen molar-refractivity contribution < 1.29 is 21.2 Å². The first-order valence-electron chi connectivity index (χ1n) is 7.18. The smallest absolute Gasteiger partial charge is 0.264 e. The molecule has 2 N–H and O–H groups in total. The molecule has 0 spiro atoms. The SMILES string of the molecule is O=S(=O)(NC1CC1)c1cccc(NS(=O)(=O)c2ccccc2F)c1. The number of anilines is 1. The van der Waals surface area contributed by atoms with E-state index in [-0.39, 0.29) is 16.6 Å².